The zero-order chi connectivity index (χ0) is 24.5. The minimum Gasteiger partial charge on any atom is -0.493 e. The molecule has 2 aromatic carbocycles. The Balaban J connectivity index is 1.59. The molecular formula is C26H26N6O3. The van der Waals surface area contributed by atoms with E-state index in [2.05, 4.69) is 20.5 Å². The zero-order valence-corrected chi connectivity index (χ0v) is 20.0. The van der Waals surface area contributed by atoms with Crippen LogP contribution in [0.4, 0.5) is 5.82 Å². The van der Waals surface area contributed by atoms with E-state index in [0.29, 0.717) is 23.0 Å². The van der Waals surface area contributed by atoms with Crippen LogP contribution in [-0.2, 0) is 4.79 Å². The number of methoxy groups -OCH3 is 1. The van der Waals surface area contributed by atoms with Gasteiger partial charge in [0.25, 0.3) is 5.95 Å². The van der Waals surface area contributed by atoms with E-state index in [1.807, 2.05) is 69.3 Å². The Kier molecular flexibility index (Phi) is 5.90. The average molecular weight is 471 g/mol. The fourth-order valence-electron chi connectivity index (χ4n) is 4.36. The van der Waals surface area contributed by atoms with Crippen LogP contribution in [0.1, 0.15) is 43.0 Å². The lowest BCUT2D eigenvalue weighted by atomic mass is 9.85. The summed E-state index contributed by atoms with van der Waals surface area (Å²) in [6, 6.07) is 15.5. The van der Waals surface area contributed by atoms with Crippen molar-refractivity contribution in [3.63, 3.8) is 0 Å². The standard InChI is InChI=1S/C26H26N6O3/c1-15(2)35-22-12-18(10-11-21(22)34-4)19-13-23(33)29-25-24(19)16(3)31-32(25)26-28-20(14-27-30-26)17-8-6-5-7-9-17/h5-12,14-15,19H,13H2,1-4H3,(H,29,33). The van der Waals surface area contributed by atoms with Crippen molar-refractivity contribution < 1.29 is 14.3 Å². The average Bonchev–Trinajstić information content (AvgIpc) is 3.19. The smallest absolute Gasteiger partial charge is 0.272 e. The van der Waals surface area contributed by atoms with Gasteiger partial charge in [-0.1, -0.05) is 36.4 Å². The van der Waals surface area contributed by atoms with Crippen LogP contribution in [0, 0.1) is 6.92 Å². The lowest BCUT2D eigenvalue weighted by Crippen LogP contribution is -2.25. The minimum atomic E-state index is -0.210. The molecule has 2 aromatic heterocycles. The third-order valence-corrected chi connectivity index (χ3v) is 5.86. The fraction of sp³-hybridized carbons (Fsp3) is 0.269. The van der Waals surface area contributed by atoms with E-state index >= 15 is 0 Å². The number of carbonyl (C=O) groups excluding carboxylic acids is 1. The molecule has 9 heteroatoms. The Bertz CT molecular complexity index is 1380. The molecule has 1 aliphatic rings. The number of anilines is 1. The third-order valence-electron chi connectivity index (χ3n) is 5.86. The summed E-state index contributed by atoms with van der Waals surface area (Å²) in [5.74, 6) is 1.80. The highest BCUT2D eigenvalue weighted by molar-refractivity contribution is 5.95. The first kappa shape index (κ1) is 22.5. The van der Waals surface area contributed by atoms with Crippen LogP contribution in [0.3, 0.4) is 0 Å². The molecule has 0 bridgehead atoms. The van der Waals surface area contributed by atoms with Crippen molar-refractivity contribution in [3.8, 4) is 28.7 Å². The Labute approximate surface area is 203 Å². The number of hydrogen-bond acceptors (Lipinski definition) is 7. The molecule has 0 spiro atoms. The number of hydrogen-bond donors (Lipinski definition) is 1. The second kappa shape index (κ2) is 9.17. The van der Waals surface area contributed by atoms with Gasteiger partial charge in [0.05, 0.1) is 30.8 Å². The van der Waals surface area contributed by atoms with Crippen molar-refractivity contribution in [3.05, 3.63) is 71.5 Å². The molecule has 0 aliphatic carbocycles. The summed E-state index contributed by atoms with van der Waals surface area (Å²) in [4.78, 5) is 17.5. The van der Waals surface area contributed by atoms with Gasteiger partial charge >= 0.3 is 0 Å². The molecule has 178 valence electrons. The van der Waals surface area contributed by atoms with Crippen molar-refractivity contribution in [2.24, 2.45) is 0 Å². The number of benzene rings is 2. The molecule has 3 heterocycles. The zero-order valence-electron chi connectivity index (χ0n) is 20.0. The molecule has 0 radical (unpaired) electrons. The molecule has 4 aromatic rings. The number of carbonyl (C=O) groups is 1. The van der Waals surface area contributed by atoms with E-state index in [-0.39, 0.29) is 30.3 Å². The van der Waals surface area contributed by atoms with Crippen LogP contribution in [0.5, 0.6) is 11.5 Å². The first-order chi connectivity index (χ1) is 16.9. The van der Waals surface area contributed by atoms with E-state index < -0.39 is 0 Å². The minimum absolute atomic E-state index is 0.0182. The number of nitrogens with one attached hydrogen (secondary N) is 1. The first-order valence-corrected chi connectivity index (χ1v) is 11.4. The quantitative estimate of drug-likeness (QED) is 0.448. The molecule has 5 rings (SSSR count). The summed E-state index contributed by atoms with van der Waals surface area (Å²) in [5, 5.41) is 16.0. The number of aryl methyl sites for hydroxylation is 1. The maximum Gasteiger partial charge on any atom is 0.272 e. The molecule has 35 heavy (non-hydrogen) atoms. The molecule has 9 nitrogen and oxygen atoms in total. The molecule has 1 N–H and O–H groups in total. The Morgan fingerprint density at radius 1 is 1.11 bits per heavy atom. The SMILES string of the molecule is COc1ccc(C2CC(=O)Nc3c2c(C)nn3-c2nncc(-c3ccccc3)n2)cc1OC(C)C. The van der Waals surface area contributed by atoms with Crippen LogP contribution >= 0.6 is 0 Å². The topological polar surface area (TPSA) is 104 Å². The first-order valence-electron chi connectivity index (χ1n) is 11.4. The van der Waals surface area contributed by atoms with Crippen LogP contribution in [0.15, 0.2) is 54.7 Å². The lowest BCUT2D eigenvalue weighted by Gasteiger charge is -2.25. The summed E-state index contributed by atoms with van der Waals surface area (Å²) in [7, 11) is 1.61. The van der Waals surface area contributed by atoms with Gasteiger partial charge in [0.15, 0.2) is 11.5 Å². The van der Waals surface area contributed by atoms with Crippen LogP contribution < -0.4 is 14.8 Å². The Morgan fingerprint density at radius 3 is 2.66 bits per heavy atom. The van der Waals surface area contributed by atoms with Gasteiger partial charge < -0.3 is 14.8 Å². The van der Waals surface area contributed by atoms with Gasteiger partial charge in [-0.05, 0) is 38.5 Å². The molecule has 1 aliphatic heterocycles. The third kappa shape index (κ3) is 4.32. The molecule has 0 saturated carbocycles. The van der Waals surface area contributed by atoms with Crippen molar-refractivity contribution >= 4 is 11.7 Å². The summed E-state index contributed by atoms with van der Waals surface area (Å²) < 4.78 is 13.0. The van der Waals surface area contributed by atoms with Crippen LogP contribution in [0.2, 0.25) is 0 Å². The number of aromatic nitrogens is 5. The van der Waals surface area contributed by atoms with Gasteiger partial charge in [0.2, 0.25) is 5.91 Å². The summed E-state index contributed by atoms with van der Waals surface area (Å²) in [5.41, 5.74) is 4.22. The number of rotatable bonds is 6. The van der Waals surface area contributed by atoms with Crippen LogP contribution in [-0.4, -0.2) is 44.1 Å². The van der Waals surface area contributed by atoms with Crippen molar-refractivity contribution in [1.82, 2.24) is 25.0 Å². The predicted octanol–water partition coefficient (Wildman–Crippen LogP) is 4.30. The molecule has 1 amide bonds. The monoisotopic (exact) mass is 470 g/mol. The second-order valence-electron chi connectivity index (χ2n) is 8.65. The molecule has 1 unspecified atom stereocenters. The molecular weight excluding hydrogens is 444 g/mol. The second-order valence-corrected chi connectivity index (χ2v) is 8.65. The Morgan fingerprint density at radius 2 is 1.91 bits per heavy atom. The maximum absolute atomic E-state index is 12.8. The van der Waals surface area contributed by atoms with E-state index in [0.717, 1.165) is 22.4 Å². The van der Waals surface area contributed by atoms with Gasteiger partial charge in [0, 0.05) is 23.5 Å². The molecule has 0 fully saturated rings. The van der Waals surface area contributed by atoms with E-state index in [4.69, 9.17) is 14.6 Å². The highest BCUT2D eigenvalue weighted by Gasteiger charge is 2.34. The van der Waals surface area contributed by atoms with Gasteiger partial charge in [-0.25, -0.2) is 4.98 Å². The maximum atomic E-state index is 12.8. The van der Waals surface area contributed by atoms with E-state index in [9.17, 15) is 4.79 Å². The highest BCUT2D eigenvalue weighted by Crippen LogP contribution is 2.42. The van der Waals surface area contributed by atoms with E-state index in [1.165, 1.54) is 0 Å². The van der Waals surface area contributed by atoms with Gasteiger partial charge in [-0.3, -0.25) is 4.79 Å². The number of amides is 1. The van der Waals surface area contributed by atoms with Gasteiger partial charge in [-0.15, -0.1) is 5.10 Å². The normalized spacial score (nSPS) is 15.0. The summed E-state index contributed by atoms with van der Waals surface area (Å²) in [6.07, 6.45) is 1.88. The van der Waals surface area contributed by atoms with Crippen molar-refractivity contribution in [2.45, 2.75) is 39.2 Å². The predicted molar refractivity (Wildman–Crippen MR) is 131 cm³/mol. The van der Waals surface area contributed by atoms with E-state index in [1.54, 1.807) is 18.0 Å². The fourth-order valence-corrected chi connectivity index (χ4v) is 4.36. The number of fused-ring (bicyclic) bond motifs is 1. The molecule has 0 saturated heterocycles. The largest absolute Gasteiger partial charge is 0.493 e. The molecule has 1 atom stereocenters. The lowest BCUT2D eigenvalue weighted by molar-refractivity contribution is -0.116. The van der Waals surface area contributed by atoms with Crippen molar-refractivity contribution in [2.75, 3.05) is 12.4 Å². The van der Waals surface area contributed by atoms with Gasteiger partial charge in [-0.2, -0.15) is 14.9 Å². The summed E-state index contributed by atoms with van der Waals surface area (Å²) >= 11 is 0. The van der Waals surface area contributed by atoms with Gasteiger partial charge in [0.1, 0.15) is 5.82 Å². The van der Waals surface area contributed by atoms with Crippen LogP contribution in [0.25, 0.3) is 17.2 Å². The van der Waals surface area contributed by atoms with Crippen molar-refractivity contribution in [1.29, 1.82) is 0 Å². The summed E-state index contributed by atoms with van der Waals surface area (Å²) in [6.45, 7) is 5.84. The highest BCUT2D eigenvalue weighted by atomic mass is 16.5. The Hall–Kier alpha value is -4.27. The number of ether oxygens (including phenoxy) is 2. The number of nitrogens with zero attached hydrogens (tertiary/aromatic N) is 5.